The van der Waals surface area contributed by atoms with E-state index in [1.165, 1.54) is 44.9 Å². The van der Waals surface area contributed by atoms with Crippen LogP contribution in [-0.2, 0) is 4.79 Å². The van der Waals surface area contributed by atoms with E-state index in [4.69, 9.17) is 5.11 Å². The standard InChI is InChI=1S/C15H31NO2.C4H8/c1-4-5-6-7-8-9-10-11-12-16-14(13(2)3)15(17)18;1-3-4-2/h13-14,16H,4-12H2,1-3H3,(H,17,18);3H,1,4H2,2H3. The molecule has 0 saturated heterocycles. The molecular weight excluding hydrogens is 274 g/mol. The Morgan fingerprint density at radius 3 is 1.86 bits per heavy atom. The summed E-state index contributed by atoms with van der Waals surface area (Å²) in [5.74, 6) is -0.582. The highest BCUT2D eigenvalue weighted by Crippen LogP contribution is 2.08. The fourth-order valence-corrected chi connectivity index (χ4v) is 2.12. The van der Waals surface area contributed by atoms with Crippen LogP contribution in [0.15, 0.2) is 12.7 Å². The van der Waals surface area contributed by atoms with Crippen molar-refractivity contribution in [1.29, 1.82) is 0 Å². The van der Waals surface area contributed by atoms with Crippen LogP contribution in [0.3, 0.4) is 0 Å². The van der Waals surface area contributed by atoms with Gasteiger partial charge in [0.1, 0.15) is 6.04 Å². The smallest absolute Gasteiger partial charge is 0.320 e. The molecule has 0 fully saturated rings. The van der Waals surface area contributed by atoms with E-state index in [1.807, 2.05) is 19.9 Å². The van der Waals surface area contributed by atoms with Crippen LogP contribution < -0.4 is 5.32 Å². The number of carboxylic acids is 1. The number of rotatable bonds is 13. The maximum absolute atomic E-state index is 10.9. The number of carboxylic acid groups (broad SMARTS) is 1. The Hall–Kier alpha value is -0.830. The maximum atomic E-state index is 10.9. The lowest BCUT2D eigenvalue weighted by atomic mass is 10.0. The second-order valence-corrected chi connectivity index (χ2v) is 6.19. The molecule has 0 spiro atoms. The first-order chi connectivity index (χ1) is 10.5. The van der Waals surface area contributed by atoms with Crippen molar-refractivity contribution in [3.63, 3.8) is 0 Å². The van der Waals surface area contributed by atoms with Crippen molar-refractivity contribution in [3.05, 3.63) is 12.7 Å². The minimum atomic E-state index is -0.732. The summed E-state index contributed by atoms with van der Waals surface area (Å²) in [5, 5.41) is 12.1. The van der Waals surface area contributed by atoms with Gasteiger partial charge in [-0.1, -0.05) is 78.7 Å². The lowest BCUT2D eigenvalue weighted by Crippen LogP contribution is -2.41. The van der Waals surface area contributed by atoms with Crippen LogP contribution in [0, 0.1) is 5.92 Å². The largest absolute Gasteiger partial charge is 0.480 e. The topological polar surface area (TPSA) is 49.3 Å². The van der Waals surface area contributed by atoms with Gasteiger partial charge in [0.2, 0.25) is 0 Å². The number of carbonyl (C=O) groups is 1. The zero-order valence-electron chi connectivity index (χ0n) is 15.4. The molecule has 132 valence electrons. The van der Waals surface area contributed by atoms with E-state index in [0.717, 1.165) is 19.4 Å². The summed E-state index contributed by atoms with van der Waals surface area (Å²) in [6.07, 6.45) is 13.2. The van der Waals surface area contributed by atoms with Crippen LogP contribution in [-0.4, -0.2) is 23.7 Å². The van der Waals surface area contributed by atoms with Crippen LogP contribution >= 0.6 is 0 Å². The van der Waals surface area contributed by atoms with Crippen LogP contribution in [0.4, 0.5) is 0 Å². The van der Waals surface area contributed by atoms with E-state index in [0.29, 0.717) is 0 Å². The van der Waals surface area contributed by atoms with E-state index >= 15 is 0 Å². The summed E-state index contributed by atoms with van der Waals surface area (Å²) in [6.45, 7) is 12.5. The number of hydrogen-bond acceptors (Lipinski definition) is 2. The van der Waals surface area contributed by atoms with E-state index in [-0.39, 0.29) is 5.92 Å². The normalized spacial score (nSPS) is 11.7. The van der Waals surface area contributed by atoms with Crippen LogP contribution in [0.5, 0.6) is 0 Å². The molecule has 0 radical (unpaired) electrons. The van der Waals surface area contributed by atoms with E-state index < -0.39 is 12.0 Å². The van der Waals surface area contributed by atoms with Gasteiger partial charge in [-0.15, -0.1) is 6.58 Å². The van der Waals surface area contributed by atoms with Crippen molar-refractivity contribution >= 4 is 5.97 Å². The van der Waals surface area contributed by atoms with Crippen LogP contribution in [0.2, 0.25) is 0 Å². The van der Waals surface area contributed by atoms with Crippen LogP contribution in [0.1, 0.15) is 85.5 Å². The van der Waals surface area contributed by atoms with Crippen molar-refractivity contribution in [2.24, 2.45) is 5.92 Å². The molecule has 1 atom stereocenters. The highest BCUT2D eigenvalue weighted by Gasteiger charge is 2.19. The third-order valence-electron chi connectivity index (χ3n) is 3.62. The van der Waals surface area contributed by atoms with Gasteiger partial charge in [-0.05, 0) is 25.3 Å². The zero-order chi connectivity index (χ0) is 17.2. The molecule has 0 aliphatic rings. The minimum Gasteiger partial charge on any atom is -0.480 e. The highest BCUT2D eigenvalue weighted by atomic mass is 16.4. The molecule has 1 unspecified atom stereocenters. The average molecular weight is 314 g/mol. The van der Waals surface area contributed by atoms with Crippen molar-refractivity contribution in [2.75, 3.05) is 6.54 Å². The summed E-state index contributed by atoms with van der Waals surface area (Å²) >= 11 is 0. The number of hydrogen-bond donors (Lipinski definition) is 2. The number of aliphatic carboxylic acids is 1. The Morgan fingerprint density at radius 2 is 1.50 bits per heavy atom. The molecule has 0 aromatic rings. The van der Waals surface area contributed by atoms with Gasteiger partial charge >= 0.3 is 5.97 Å². The molecule has 0 amide bonds. The van der Waals surface area contributed by atoms with Crippen molar-refractivity contribution in [3.8, 4) is 0 Å². The van der Waals surface area contributed by atoms with Gasteiger partial charge in [0.25, 0.3) is 0 Å². The molecule has 3 nitrogen and oxygen atoms in total. The molecular formula is C19H39NO2. The second kappa shape index (κ2) is 18.2. The Morgan fingerprint density at radius 1 is 1.05 bits per heavy atom. The Balaban J connectivity index is 0. The van der Waals surface area contributed by atoms with Crippen LogP contribution in [0.25, 0.3) is 0 Å². The summed E-state index contributed by atoms with van der Waals surface area (Å²) < 4.78 is 0. The lowest BCUT2D eigenvalue weighted by molar-refractivity contribution is -0.140. The summed E-state index contributed by atoms with van der Waals surface area (Å²) in [7, 11) is 0. The summed E-state index contributed by atoms with van der Waals surface area (Å²) in [4.78, 5) is 10.9. The van der Waals surface area contributed by atoms with Gasteiger partial charge in [-0.25, -0.2) is 0 Å². The molecule has 0 aliphatic carbocycles. The minimum absolute atomic E-state index is 0.150. The van der Waals surface area contributed by atoms with Crippen molar-refractivity contribution in [1.82, 2.24) is 5.32 Å². The number of allylic oxidation sites excluding steroid dienone is 1. The van der Waals surface area contributed by atoms with Gasteiger partial charge in [0.05, 0.1) is 0 Å². The zero-order valence-corrected chi connectivity index (χ0v) is 15.4. The van der Waals surface area contributed by atoms with E-state index in [1.54, 1.807) is 0 Å². The molecule has 0 aromatic heterocycles. The predicted molar refractivity (Wildman–Crippen MR) is 97.4 cm³/mol. The second-order valence-electron chi connectivity index (χ2n) is 6.19. The highest BCUT2D eigenvalue weighted by molar-refractivity contribution is 5.73. The van der Waals surface area contributed by atoms with Gasteiger partial charge < -0.3 is 10.4 Å². The molecule has 0 rings (SSSR count). The van der Waals surface area contributed by atoms with Crippen molar-refractivity contribution in [2.45, 2.75) is 91.5 Å². The molecule has 0 heterocycles. The third-order valence-corrected chi connectivity index (χ3v) is 3.62. The number of nitrogens with one attached hydrogen (secondary N) is 1. The molecule has 0 aromatic carbocycles. The molecule has 22 heavy (non-hydrogen) atoms. The predicted octanol–water partition coefficient (Wildman–Crippen LogP) is 5.41. The van der Waals surface area contributed by atoms with Gasteiger partial charge in [-0.3, -0.25) is 4.79 Å². The van der Waals surface area contributed by atoms with Gasteiger partial charge in [-0.2, -0.15) is 0 Å². The Bertz CT molecular complexity index is 252. The summed E-state index contributed by atoms with van der Waals surface area (Å²) in [5.41, 5.74) is 0. The quantitative estimate of drug-likeness (QED) is 0.353. The molecule has 3 heteroatoms. The monoisotopic (exact) mass is 313 g/mol. The maximum Gasteiger partial charge on any atom is 0.320 e. The number of unbranched alkanes of at least 4 members (excludes halogenated alkanes) is 7. The van der Waals surface area contributed by atoms with Crippen molar-refractivity contribution < 1.29 is 9.90 Å². The van der Waals surface area contributed by atoms with Gasteiger partial charge in [0, 0.05) is 0 Å². The third kappa shape index (κ3) is 17.2. The lowest BCUT2D eigenvalue weighted by Gasteiger charge is -2.17. The SMILES string of the molecule is C=CCC.CCCCCCCCCCNC(C(=O)O)C(C)C. The summed E-state index contributed by atoms with van der Waals surface area (Å²) in [6, 6.07) is -0.394. The fraction of sp³-hybridized carbons (Fsp3) is 0.842. The molecule has 0 bridgehead atoms. The first-order valence-electron chi connectivity index (χ1n) is 9.08. The Labute approximate surface area is 138 Å². The molecule has 0 aliphatic heterocycles. The first-order valence-corrected chi connectivity index (χ1v) is 9.08. The average Bonchev–Trinajstić information content (AvgIpc) is 2.48. The Kier molecular flexibility index (Phi) is 19.4. The molecule has 0 saturated carbocycles. The van der Waals surface area contributed by atoms with Gasteiger partial charge in [0.15, 0.2) is 0 Å². The molecule has 2 N–H and O–H groups in total. The fourth-order valence-electron chi connectivity index (χ4n) is 2.12. The van der Waals surface area contributed by atoms with E-state index in [2.05, 4.69) is 25.7 Å². The van der Waals surface area contributed by atoms with E-state index in [9.17, 15) is 4.79 Å². The first kappa shape index (κ1) is 23.4.